The first kappa shape index (κ1) is 29.0. The highest BCUT2D eigenvalue weighted by Gasteiger charge is 2.41. The molecule has 1 atom stereocenters. The lowest BCUT2D eigenvalue weighted by Crippen LogP contribution is -2.31. The summed E-state index contributed by atoms with van der Waals surface area (Å²) in [5.41, 5.74) is 5.21. The molecule has 45 heavy (non-hydrogen) atoms. The van der Waals surface area contributed by atoms with Crippen molar-refractivity contribution in [1.29, 1.82) is 5.26 Å². The van der Waals surface area contributed by atoms with Gasteiger partial charge in [0.05, 0.1) is 42.1 Å². The van der Waals surface area contributed by atoms with Crippen LogP contribution in [0.5, 0.6) is 0 Å². The summed E-state index contributed by atoms with van der Waals surface area (Å²) in [5, 5.41) is 11.8. The van der Waals surface area contributed by atoms with Crippen LogP contribution in [0.3, 0.4) is 0 Å². The zero-order valence-corrected chi connectivity index (χ0v) is 25.2. The minimum Gasteiger partial charge on any atom is -0.468 e. The highest BCUT2D eigenvalue weighted by Crippen LogP contribution is 2.45. The fourth-order valence-corrected chi connectivity index (χ4v) is 6.84. The number of nitrogens with zero attached hydrogens (tertiary/aromatic N) is 4. The highest BCUT2D eigenvalue weighted by molar-refractivity contribution is 6.03. The number of rotatable bonds is 12. The first-order valence-electron chi connectivity index (χ1n) is 15.6. The number of unbranched alkanes of at least 4 members (excludes halogenated alkanes) is 1. The largest absolute Gasteiger partial charge is 0.468 e. The maximum Gasteiger partial charge on any atom is 0.123 e. The summed E-state index contributed by atoms with van der Waals surface area (Å²) in [5.74, 6) is 0.678. The molecule has 0 saturated carbocycles. The summed E-state index contributed by atoms with van der Waals surface area (Å²) in [4.78, 5) is 7.13. The van der Waals surface area contributed by atoms with Gasteiger partial charge in [0.25, 0.3) is 0 Å². The molecule has 0 aliphatic carbocycles. The quantitative estimate of drug-likeness (QED) is 0.133. The van der Waals surface area contributed by atoms with E-state index in [0.717, 1.165) is 85.2 Å². The third-order valence-electron chi connectivity index (χ3n) is 9.04. The number of hydrogen-bond donors (Lipinski definition) is 0. The molecule has 0 spiro atoms. The Morgan fingerprint density at radius 3 is 2.64 bits per heavy atom. The van der Waals surface area contributed by atoms with Gasteiger partial charge in [0.1, 0.15) is 17.2 Å². The molecule has 0 N–H and O–H groups in total. The van der Waals surface area contributed by atoms with Gasteiger partial charge in [-0.1, -0.05) is 36.4 Å². The van der Waals surface area contributed by atoms with Gasteiger partial charge in [0.15, 0.2) is 0 Å². The van der Waals surface area contributed by atoms with Crippen LogP contribution in [0.4, 0.5) is 4.39 Å². The van der Waals surface area contributed by atoms with Crippen LogP contribution >= 0.6 is 0 Å². The average Bonchev–Trinajstić information content (AvgIpc) is 3.83. The van der Waals surface area contributed by atoms with Gasteiger partial charge in [-0.15, -0.1) is 0 Å². The van der Waals surface area contributed by atoms with Crippen molar-refractivity contribution in [3.05, 3.63) is 137 Å². The molecule has 1 unspecified atom stereocenters. The Balaban J connectivity index is 1.05. The van der Waals surface area contributed by atoms with Crippen molar-refractivity contribution in [3.63, 3.8) is 0 Å². The van der Waals surface area contributed by atoms with Gasteiger partial charge in [0, 0.05) is 29.7 Å². The maximum atomic E-state index is 13.9. The number of benzene rings is 3. The Morgan fingerprint density at radius 2 is 1.80 bits per heavy atom. The molecule has 1 aliphatic rings. The smallest absolute Gasteiger partial charge is 0.123 e. The monoisotopic (exact) mass is 598 g/mol. The number of aryl methyl sites for hydroxylation is 1. The topological polar surface area (TPSA) is 67.2 Å². The molecule has 0 amide bonds. The molecule has 7 rings (SSSR count). The van der Waals surface area contributed by atoms with E-state index in [-0.39, 0.29) is 5.82 Å². The molecule has 6 aromatic rings. The fraction of sp³-hybridized carbons (Fsp3) is 0.263. The first-order valence-corrected chi connectivity index (χ1v) is 15.6. The van der Waals surface area contributed by atoms with Crippen LogP contribution in [0.1, 0.15) is 53.7 Å². The molecule has 0 saturated heterocycles. The number of halogens is 1. The van der Waals surface area contributed by atoms with E-state index >= 15 is 0 Å². The Bertz CT molecular complexity index is 1960. The first-order chi connectivity index (χ1) is 22.1. The second-order valence-corrected chi connectivity index (χ2v) is 11.9. The molecule has 4 heterocycles. The van der Waals surface area contributed by atoms with E-state index in [9.17, 15) is 9.65 Å². The normalized spacial score (nSPS) is 16.0. The van der Waals surface area contributed by atoms with Crippen molar-refractivity contribution in [2.75, 3.05) is 13.1 Å². The molecule has 3 aromatic carbocycles. The van der Waals surface area contributed by atoms with Crippen molar-refractivity contribution >= 4 is 21.8 Å². The average molecular weight is 599 g/mol. The van der Waals surface area contributed by atoms with E-state index in [1.54, 1.807) is 6.26 Å². The number of fused-ring (bicyclic) bond motifs is 4. The predicted molar refractivity (Wildman–Crippen MR) is 173 cm³/mol. The molecule has 6 nitrogen and oxygen atoms in total. The van der Waals surface area contributed by atoms with Gasteiger partial charge in [-0.25, -0.2) is 4.39 Å². The molecule has 3 aromatic heterocycles. The van der Waals surface area contributed by atoms with E-state index in [4.69, 9.17) is 9.15 Å². The van der Waals surface area contributed by atoms with Crippen molar-refractivity contribution < 1.29 is 13.5 Å². The van der Waals surface area contributed by atoms with E-state index < -0.39 is 5.60 Å². The van der Waals surface area contributed by atoms with Crippen LogP contribution in [0, 0.1) is 17.1 Å². The van der Waals surface area contributed by atoms with Crippen molar-refractivity contribution in [2.45, 2.75) is 51.0 Å². The third-order valence-corrected chi connectivity index (χ3v) is 9.04. The number of hydrogen-bond acceptors (Lipinski definition) is 5. The minimum atomic E-state index is -0.681. The summed E-state index contributed by atoms with van der Waals surface area (Å²) < 4.78 is 28.5. The lowest BCUT2D eigenvalue weighted by atomic mass is 9.81. The fourth-order valence-electron chi connectivity index (χ4n) is 6.84. The summed E-state index contributed by atoms with van der Waals surface area (Å²) in [6.07, 6.45) is 9.46. The number of aromatic nitrogens is 2. The molecule has 0 bridgehead atoms. The van der Waals surface area contributed by atoms with Crippen molar-refractivity contribution in [3.8, 4) is 6.07 Å². The van der Waals surface area contributed by atoms with Gasteiger partial charge in [-0.2, -0.15) is 5.26 Å². The Morgan fingerprint density at radius 1 is 0.933 bits per heavy atom. The summed E-state index contributed by atoms with van der Waals surface area (Å²) in [7, 11) is 0. The van der Waals surface area contributed by atoms with Crippen LogP contribution in [-0.4, -0.2) is 27.5 Å². The zero-order valence-electron chi connectivity index (χ0n) is 25.2. The van der Waals surface area contributed by atoms with E-state index in [1.165, 1.54) is 23.0 Å². The summed E-state index contributed by atoms with van der Waals surface area (Å²) in [6.45, 7) is 3.89. The summed E-state index contributed by atoms with van der Waals surface area (Å²) >= 11 is 0. The zero-order chi connectivity index (χ0) is 30.6. The molecule has 7 heteroatoms. The lowest BCUT2D eigenvalue weighted by molar-refractivity contribution is -0.0148. The Kier molecular flexibility index (Phi) is 8.17. The van der Waals surface area contributed by atoms with Crippen LogP contribution < -0.4 is 0 Å². The van der Waals surface area contributed by atoms with Crippen molar-refractivity contribution in [2.24, 2.45) is 0 Å². The Labute approximate surface area is 262 Å². The van der Waals surface area contributed by atoms with Gasteiger partial charge >= 0.3 is 0 Å². The van der Waals surface area contributed by atoms with Crippen LogP contribution in [-0.2, 0) is 30.0 Å². The predicted octanol–water partition coefficient (Wildman–Crippen LogP) is 8.33. The molecular formula is C38H35FN4O2. The van der Waals surface area contributed by atoms with E-state index in [0.29, 0.717) is 12.2 Å². The van der Waals surface area contributed by atoms with Crippen LogP contribution in [0.2, 0.25) is 0 Å². The second-order valence-electron chi connectivity index (χ2n) is 11.9. The lowest BCUT2D eigenvalue weighted by Gasteiger charge is -2.32. The second kappa shape index (κ2) is 12.7. The van der Waals surface area contributed by atoms with Crippen LogP contribution in [0.15, 0.2) is 108 Å². The van der Waals surface area contributed by atoms with Gasteiger partial charge < -0.3 is 13.7 Å². The van der Waals surface area contributed by atoms with E-state index in [1.807, 2.05) is 54.7 Å². The molecule has 226 valence electrons. The van der Waals surface area contributed by atoms with Crippen LogP contribution in [0.25, 0.3) is 21.8 Å². The highest BCUT2D eigenvalue weighted by atomic mass is 19.1. The van der Waals surface area contributed by atoms with Crippen molar-refractivity contribution in [1.82, 2.24) is 14.5 Å². The maximum absolute atomic E-state index is 13.9. The number of nitriles is 1. The number of furan rings is 1. The minimum absolute atomic E-state index is 0.270. The summed E-state index contributed by atoms with van der Waals surface area (Å²) in [6, 6.07) is 29.2. The molecule has 0 radical (unpaired) electrons. The number of ether oxygens (including phenoxy) is 1. The molecule has 0 fully saturated rings. The Hall–Kier alpha value is -4.77. The van der Waals surface area contributed by atoms with Gasteiger partial charge in [-0.3, -0.25) is 9.88 Å². The van der Waals surface area contributed by atoms with Gasteiger partial charge in [0.2, 0.25) is 0 Å². The SMILES string of the molecule is N#Cc1ccc2c(c1)COC2(CCCN(CCCCn1ccc2ccc3cccnc3c21)Cc1ccco1)c1ccc(F)cc1. The third kappa shape index (κ3) is 5.87. The molecular weight excluding hydrogens is 563 g/mol. The van der Waals surface area contributed by atoms with E-state index in [2.05, 4.69) is 51.0 Å². The number of pyridine rings is 1. The van der Waals surface area contributed by atoms with Gasteiger partial charge in [-0.05, 0) is 104 Å². The standard InChI is InChI=1S/C38H35FN4O2/c39-33-13-11-32(12-14-33)38(35-15-8-28(25-40)24-31(35)27-45-38)17-5-20-42(26-34-7-4-23-44-34)19-1-2-21-43-22-16-30-10-9-29-6-3-18-41-36(29)37(30)43/h3-4,6-16,18,22-24H,1-2,5,17,19-21,26-27H2. The molecule has 1 aliphatic heterocycles.